The Morgan fingerprint density at radius 2 is 2.00 bits per heavy atom. The van der Waals surface area contributed by atoms with Crippen molar-refractivity contribution in [3.8, 4) is 0 Å². The van der Waals surface area contributed by atoms with Gasteiger partial charge in [0.05, 0.1) is 10.5 Å². The number of hydrogen-bond acceptors (Lipinski definition) is 2. The van der Waals surface area contributed by atoms with Gasteiger partial charge in [0.25, 0.3) is 0 Å². The molecule has 0 radical (unpaired) electrons. The number of hydrogen-bond donors (Lipinski definition) is 1. The molecule has 0 spiro atoms. The summed E-state index contributed by atoms with van der Waals surface area (Å²) in [5.41, 5.74) is 9.08. The van der Waals surface area contributed by atoms with Crippen LogP contribution in [0.15, 0.2) is 51.4 Å². The molecule has 1 unspecified atom stereocenters. The molecule has 0 aliphatic rings. The summed E-state index contributed by atoms with van der Waals surface area (Å²) in [4.78, 5) is 0. The summed E-state index contributed by atoms with van der Waals surface area (Å²) in [5.74, 6) is 0.586. The first kappa shape index (κ1) is 14.3. The minimum absolute atomic E-state index is 0.293. The molecule has 1 heterocycles. The van der Waals surface area contributed by atoms with E-state index < -0.39 is 0 Å². The molecule has 0 fully saturated rings. The summed E-state index contributed by atoms with van der Waals surface area (Å²) in [6, 6.07) is 12.4. The third kappa shape index (κ3) is 2.49. The molecule has 2 N–H and O–H groups in total. The second kappa shape index (κ2) is 5.62. The van der Waals surface area contributed by atoms with Crippen LogP contribution >= 0.6 is 15.9 Å². The van der Waals surface area contributed by atoms with E-state index in [0.717, 1.165) is 34.3 Å². The highest BCUT2D eigenvalue weighted by Crippen LogP contribution is 2.34. The minimum Gasteiger partial charge on any atom is -0.461 e. The molecule has 1 aromatic heterocycles. The van der Waals surface area contributed by atoms with Crippen molar-refractivity contribution < 1.29 is 8.81 Å². The highest BCUT2D eigenvalue weighted by atomic mass is 79.9. The summed E-state index contributed by atoms with van der Waals surface area (Å²) in [7, 11) is 0. The predicted octanol–water partition coefficient (Wildman–Crippen LogP) is 4.94. The topological polar surface area (TPSA) is 39.2 Å². The molecule has 3 rings (SSSR count). The highest BCUT2D eigenvalue weighted by Gasteiger charge is 2.20. The first-order chi connectivity index (χ1) is 10.1. The molecule has 2 nitrogen and oxygen atoms in total. The Balaban J connectivity index is 2.16. The van der Waals surface area contributed by atoms with Crippen molar-refractivity contribution in [1.82, 2.24) is 0 Å². The second-order valence-electron chi connectivity index (χ2n) is 4.94. The zero-order valence-electron chi connectivity index (χ0n) is 11.6. The normalized spacial score (nSPS) is 12.8. The molecule has 0 amide bonds. The van der Waals surface area contributed by atoms with Gasteiger partial charge in [0.2, 0.25) is 0 Å². The van der Waals surface area contributed by atoms with Crippen LogP contribution in [-0.4, -0.2) is 0 Å². The van der Waals surface area contributed by atoms with Gasteiger partial charge in [-0.25, -0.2) is 4.39 Å². The van der Waals surface area contributed by atoms with Gasteiger partial charge in [-0.2, -0.15) is 0 Å². The summed E-state index contributed by atoms with van der Waals surface area (Å²) in [6.45, 7) is 2.04. The van der Waals surface area contributed by atoms with Crippen LogP contribution < -0.4 is 5.73 Å². The molecule has 3 aromatic rings. The molecule has 0 saturated carbocycles. The van der Waals surface area contributed by atoms with E-state index in [9.17, 15) is 4.39 Å². The van der Waals surface area contributed by atoms with Crippen LogP contribution in [0.5, 0.6) is 0 Å². The van der Waals surface area contributed by atoms with Crippen molar-refractivity contribution in [2.45, 2.75) is 19.4 Å². The van der Waals surface area contributed by atoms with E-state index in [1.807, 2.05) is 31.2 Å². The molecule has 0 aliphatic carbocycles. The number of rotatable bonds is 3. The fraction of sp³-hybridized carbons (Fsp3) is 0.176. The quantitative estimate of drug-likeness (QED) is 0.728. The zero-order valence-corrected chi connectivity index (χ0v) is 13.2. The number of benzene rings is 2. The van der Waals surface area contributed by atoms with Crippen molar-refractivity contribution in [2.24, 2.45) is 5.73 Å². The molecule has 0 saturated heterocycles. The van der Waals surface area contributed by atoms with E-state index in [1.54, 1.807) is 12.1 Å². The molecule has 0 aliphatic heterocycles. The maximum Gasteiger partial charge on any atom is 0.137 e. The number of aryl methyl sites for hydroxylation is 1. The van der Waals surface area contributed by atoms with Crippen molar-refractivity contribution in [1.29, 1.82) is 0 Å². The Bertz CT molecular complexity index is 797. The first-order valence-corrected chi connectivity index (χ1v) is 7.62. The Morgan fingerprint density at radius 1 is 1.24 bits per heavy atom. The van der Waals surface area contributed by atoms with E-state index in [-0.39, 0.29) is 11.9 Å². The second-order valence-corrected chi connectivity index (χ2v) is 5.79. The van der Waals surface area contributed by atoms with Crippen molar-refractivity contribution in [3.63, 3.8) is 0 Å². The van der Waals surface area contributed by atoms with Gasteiger partial charge < -0.3 is 10.2 Å². The van der Waals surface area contributed by atoms with Crippen LogP contribution in [0.3, 0.4) is 0 Å². The Morgan fingerprint density at radius 3 is 2.71 bits per heavy atom. The van der Waals surface area contributed by atoms with E-state index in [1.165, 1.54) is 6.07 Å². The number of furan rings is 1. The average Bonchev–Trinajstić information content (AvgIpc) is 2.87. The Labute approximate surface area is 130 Å². The predicted molar refractivity (Wildman–Crippen MR) is 85.7 cm³/mol. The van der Waals surface area contributed by atoms with Gasteiger partial charge in [0, 0.05) is 17.4 Å². The van der Waals surface area contributed by atoms with Crippen molar-refractivity contribution >= 4 is 26.9 Å². The minimum atomic E-state index is -0.347. The molecule has 0 bridgehead atoms. The SMILES string of the molecule is CCc1oc2ccccc2c1C(N)c1ccc(F)c(Br)c1. The van der Waals surface area contributed by atoms with Crippen molar-refractivity contribution in [2.75, 3.05) is 0 Å². The Kier molecular flexibility index (Phi) is 3.83. The van der Waals surface area contributed by atoms with Gasteiger partial charge in [-0.05, 0) is 39.7 Å². The molecular formula is C17H15BrFNO. The number of halogens is 2. The van der Waals surface area contributed by atoms with Gasteiger partial charge in [0.1, 0.15) is 17.2 Å². The first-order valence-electron chi connectivity index (χ1n) is 6.82. The third-order valence-electron chi connectivity index (χ3n) is 3.65. The van der Waals surface area contributed by atoms with Gasteiger partial charge in [-0.15, -0.1) is 0 Å². The van der Waals surface area contributed by atoms with Gasteiger partial charge in [-0.3, -0.25) is 0 Å². The maximum absolute atomic E-state index is 13.4. The van der Waals surface area contributed by atoms with Gasteiger partial charge >= 0.3 is 0 Å². The van der Waals surface area contributed by atoms with Crippen LogP contribution in [0.1, 0.15) is 29.9 Å². The maximum atomic E-state index is 13.4. The molecule has 21 heavy (non-hydrogen) atoms. The molecule has 4 heteroatoms. The smallest absolute Gasteiger partial charge is 0.137 e. The number of fused-ring (bicyclic) bond motifs is 1. The molecule has 1 atom stereocenters. The number of nitrogens with two attached hydrogens (primary N) is 1. The molecule has 108 valence electrons. The monoisotopic (exact) mass is 347 g/mol. The summed E-state index contributed by atoms with van der Waals surface area (Å²) >= 11 is 3.21. The Hall–Kier alpha value is -1.65. The number of para-hydroxylation sites is 1. The largest absolute Gasteiger partial charge is 0.461 e. The fourth-order valence-corrected chi connectivity index (χ4v) is 2.99. The van der Waals surface area contributed by atoms with Crippen LogP contribution in [0, 0.1) is 5.82 Å². The average molecular weight is 348 g/mol. The summed E-state index contributed by atoms with van der Waals surface area (Å²) in [6.07, 6.45) is 0.764. The standard InChI is InChI=1S/C17H15BrFNO/c1-2-14-16(11-5-3-4-6-15(11)21-14)17(20)10-7-8-13(19)12(18)9-10/h3-9,17H,2,20H2,1H3. The lowest BCUT2D eigenvalue weighted by atomic mass is 9.96. The summed E-state index contributed by atoms with van der Waals surface area (Å²) < 4.78 is 19.7. The lowest BCUT2D eigenvalue weighted by molar-refractivity contribution is 0.546. The van der Waals surface area contributed by atoms with Crippen LogP contribution in [-0.2, 0) is 6.42 Å². The van der Waals surface area contributed by atoms with Gasteiger partial charge in [-0.1, -0.05) is 31.2 Å². The fourth-order valence-electron chi connectivity index (χ4n) is 2.59. The van der Waals surface area contributed by atoms with Crippen molar-refractivity contribution in [3.05, 3.63) is 69.6 Å². The summed E-state index contributed by atoms with van der Waals surface area (Å²) in [5, 5.41) is 1.02. The van der Waals surface area contributed by atoms with E-state index in [2.05, 4.69) is 15.9 Å². The van der Waals surface area contributed by atoms with E-state index >= 15 is 0 Å². The lowest BCUT2D eigenvalue weighted by Gasteiger charge is -2.13. The lowest BCUT2D eigenvalue weighted by Crippen LogP contribution is -2.13. The van der Waals surface area contributed by atoms with E-state index in [0.29, 0.717) is 4.47 Å². The van der Waals surface area contributed by atoms with Crippen LogP contribution in [0.4, 0.5) is 4.39 Å². The third-order valence-corrected chi connectivity index (χ3v) is 4.25. The van der Waals surface area contributed by atoms with Gasteiger partial charge in [0.15, 0.2) is 0 Å². The van der Waals surface area contributed by atoms with Crippen LogP contribution in [0.2, 0.25) is 0 Å². The van der Waals surface area contributed by atoms with E-state index in [4.69, 9.17) is 10.2 Å². The molecule has 2 aromatic carbocycles. The molecular weight excluding hydrogens is 333 g/mol. The highest BCUT2D eigenvalue weighted by molar-refractivity contribution is 9.10. The van der Waals surface area contributed by atoms with Crippen LogP contribution in [0.25, 0.3) is 11.0 Å². The zero-order chi connectivity index (χ0) is 15.0.